The summed E-state index contributed by atoms with van der Waals surface area (Å²) in [5.74, 6) is -0.287. The molecule has 0 saturated carbocycles. The van der Waals surface area contributed by atoms with Gasteiger partial charge < -0.3 is 9.64 Å². The van der Waals surface area contributed by atoms with Gasteiger partial charge in [-0.3, -0.25) is 19.5 Å². The maximum absolute atomic E-state index is 13.1. The molecular weight excluding hydrogens is 476 g/mol. The maximum Gasteiger partial charge on any atom is 0.249 e. The number of hydrogen-bond acceptors (Lipinski definition) is 4. The second-order valence-electron chi connectivity index (χ2n) is 8.38. The Balaban J connectivity index is 1.60. The Morgan fingerprint density at radius 1 is 1.00 bits per heavy atom. The molecule has 0 bridgehead atoms. The van der Waals surface area contributed by atoms with Crippen molar-refractivity contribution in [2.75, 3.05) is 25.6 Å². The Labute approximate surface area is 215 Å². The number of anilines is 1. The lowest BCUT2D eigenvalue weighted by Crippen LogP contribution is -2.39. The third kappa shape index (κ3) is 6.38. The van der Waals surface area contributed by atoms with Gasteiger partial charge in [-0.2, -0.15) is 0 Å². The maximum atomic E-state index is 13.1. The van der Waals surface area contributed by atoms with Crippen LogP contribution in [0.15, 0.2) is 85.1 Å². The number of aromatic nitrogens is 2. The smallest absolute Gasteiger partial charge is 0.249 e. The van der Waals surface area contributed by atoms with E-state index in [0.717, 1.165) is 22.4 Å². The minimum Gasteiger partial charge on any atom is -0.375 e. The number of ether oxygens (including phenoxy) is 1. The zero-order chi connectivity index (χ0) is 25.5. The van der Waals surface area contributed by atoms with E-state index in [2.05, 4.69) is 10.3 Å². The molecule has 7 nitrogen and oxygen atoms in total. The fraction of sp³-hybridized carbons (Fsp3) is 0.179. The summed E-state index contributed by atoms with van der Waals surface area (Å²) in [5.41, 5.74) is 4.43. The van der Waals surface area contributed by atoms with Gasteiger partial charge >= 0.3 is 0 Å². The van der Waals surface area contributed by atoms with E-state index in [-0.39, 0.29) is 25.0 Å². The van der Waals surface area contributed by atoms with Crippen molar-refractivity contribution in [3.05, 3.63) is 101 Å². The van der Waals surface area contributed by atoms with Crippen LogP contribution in [-0.4, -0.2) is 46.5 Å². The van der Waals surface area contributed by atoms with E-state index < -0.39 is 0 Å². The number of hydrogen-bond donors (Lipinski definition) is 1. The topological polar surface area (TPSA) is 76.5 Å². The van der Waals surface area contributed by atoms with Gasteiger partial charge in [0.2, 0.25) is 17.8 Å². The van der Waals surface area contributed by atoms with Crippen molar-refractivity contribution in [1.29, 1.82) is 0 Å². The van der Waals surface area contributed by atoms with Gasteiger partial charge in [-0.05, 0) is 36.8 Å². The lowest BCUT2D eigenvalue weighted by molar-refractivity contribution is -0.138. The molecule has 0 unspecified atom stereocenters. The molecule has 0 aliphatic rings. The van der Waals surface area contributed by atoms with Crippen LogP contribution in [0.2, 0.25) is 5.02 Å². The summed E-state index contributed by atoms with van der Waals surface area (Å²) < 4.78 is 6.84. The van der Waals surface area contributed by atoms with E-state index >= 15 is 0 Å². The molecule has 184 valence electrons. The monoisotopic (exact) mass is 502 g/mol. The van der Waals surface area contributed by atoms with Crippen LogP contribution in [0, 0.1) is 6.92 Å². The number of halogens is 1. The number of carbonyl (C=O) groups excluding carboxylic acids is 2. The van der Waals surface area contributed by atoms with Crippen LogP contribution >= 0.6 is 11.6 Å². The summed E-state index contributed by atoms with van der Waals surface area (Å²) >= 11 is 6.05. The molecular formula is C28H27ClN4O3. The first kappa shape index (κ1) is 25.2. The number of imidazole rings is 1. The number of aryl methyl sites for hydroxylation is 1. The molecule has 0 radical (unpaired) electrons. The van der Waals surface area contributed by atoms with Crippen LogP contribution in [0.25, 0.3) is 16.9 Å². The van der Waals surface area contributed by atoms with Gasteiger partial charge in [0.1, 0.15) is 13.2 Å². The van der Waals surface area contributed by atoms with Gasteiger partial charge in [-0.15, -0.1) is 0 Å². The highest BCUT2D eigenvalue weighted by molar-refractivity contribution is 6.30. The number of amides is 2. The minimum atomic E-state index is -0.364. The van der Waals surface area contributed by atoms with E-state index in [4.69, 9.17) is 16.3 Å². The van der Waals surface area contributed by atoms with Gasteiger partial charge in [0.25, 0.3) is 0 Å². The largest absolute Gasteiger partial charge is 0.375 e. The normalized spacial score (nSPS) is 10.8. The molecule has 8 heteroatoms. The Hall–Kier alpha value is -3.94. The average Bonchev–Trinajstić information content (AvgIpc) is 3.28. The molecule has 1 heterocycles. The lowest BCUT2D eigenvalue weighted by Gasteiger charge is -2.22. The van der Waals surface area contributed by atoms with Gasteiger partial charge in [0.05, 0.1) is 5.69 Å². The number of rotatable bonds is 9. The highest BCUT2D eigenvalue weighted by Crippen LogP contribution is 2.26. The molecule has 0 saturated heterocycles. The minimum absolute atomic E-state index is 0.112. The summed E-state index contributed by atoms with van der Waals surface area (Å²) in [7, 11) is 1.45. The second kappa shape index (κ2) is 11.7. The molecule has 3 aromatic carbocycles. The highest BCUT2D eigenvalue weighted by atomic mass is 35.5. The first-order valence-corrected chi connectivity index (χ1v) is 11.8. The Bertz CT molecular complexity index is 1320. The van der Waals surface area contributed by atoms with Gasteiger partial charge in [0.15, 0.2) is 0 Å². The first-order valence-electron chi connectivity index (χ1n) is 11.5. The fourth-order valence-electron chi connectivity index (χ4n) is 3.72. The molecule has 0 atom stereocenters. The molecule has 2 amide bonds. The standard InChI is InChI=1S/C28H27ClN4O3/c1-20-8-14-24(15-9-20)33-17-25(22-10-12-23(29)13-11-22)30-28(33)31-26(34)18-32(27(35)19-36-2)16-21-6-4-3-5-7-21/h3-15,17H,16,18-19H2,1-2H3,(H,30,31,34). The summed E-state index contributed by atoms with van der Waals surface area (Å²) in [6, 6.07) is 24.8. The second-order valence-corrected chi connectivity index (χ2v) is 8.82. The molecule has 0 spiro atoms. The summed E-state index contributed by atoms with van der Waals surface area (Å²) in [5, 5.41) is 3.52. The van der Waals surface area contributed by atoms with Crippen molar-refractivity contribution in [1.82, 2.24) is 14.5 Å². The molecule has 4 aromatic rings. The van der Waals surface area contributed by atoms with Gasteiger partial charge in [-0.25, -0.2) is 4.98 Å². The van der Waals surface area contributed by atoms with E-state index in [1.807, 2.05) is 84.4 Å². The van der Waals surface area contributed by atoms with E-state index in [1.54, 1.807) is 12.1 Å². The van der Waals surface area contributed by atoms with Crippen LogP contribution in [0.3, 0.4) is 0 Å². The number of nitrogens with zero attached hydrogens (tertiary/aromatic N) is 3. The summed E-state index contributed by atoms with van der Waals surface area (Å²) in [6.45, 7) is 2.05. The number of benzene rings is 3. The van der Waals surface area contributed by atoms with Crippen molar-refractivity contribution in [3.63, 3.8) is 0 Å². The quantitative estimate of drug-likeness (QED) is 0.345. The van der Waals surface area contributed by atoms with Crippen LogP contribution in [0.5, 0.6) is 0 Å². The molecule has 36 heavy (non-hydrogen) atoms. The SMILES string of the molecule is COCC(=O)N(CC(=O)Nc1nc(-c2ccc(Cl)cc2)cn1-c1ccc(C)cc1)Cc1ccccc1. The predicted molar refractivity (Wildman–Crippen MR) is 141 cm³/mol. The highest BCUT2D eigenvalue weighted by Gasteiger charge is 2.20. The Morgan fingerprint density at radius 3 is 2.36 bits per heavy atom. The van der Waals surface area contributed by atoms with E-state index in [0.29, 0.717) is 23.2 Å². The van der Waals surface area contributed by atoms with Crippen LogP contribution < -0.4 is 5.32 Å². The fourth-order valence-corrected chi connectivity index (χ4v) is 3.84. The third-order valence-electron chi connectivity index (χ3n) is 5.58. The van der Waals surface area contributed by atoms with Gasteiger partial charge in [-0.1, -0.05) is 71.8 Å². The number of methoxy groups -OCH3 is 1. The summed E-state index contributed by atoms with van der Waals surface area (Å²) in [6.07, 6.45) is 1.86. The number of carbonyl (C=O) groups is 2. The Morgan fingerprint density at radius 2 is 1.69 bits per heavy atom. The molecule has 0 fully saturated rings. The molecule has 0 aliphatic carbocycles. The number of nitrogens with one attached hydrogen (secondary N) is 1. The zero-order valence-corrected chi connectivity index (χ0v) is 20.9. The Kier molecular flexibility index (Phi) is 8.15. The molecule has 0 aliphatic heterocycles. The average molecular weight is 503 g/mol. The van der Waals surface area contributed by atoms with Crippen LogP contribution in [-0.2, 0) is 20.9 Å². The lowest BCUT2D eigenvalue weighted by atomic mass is 10.2. The first-order chi connectivity index (χ1) is 17.4. The van der Waals surface area contributed by atoms with Crippen LogP contribution in [0.4, 0.5) is 5.95 Å². The van der Waals surface area contributed by atoms with E-state index in [9.17, 15) is 9.59 Å². The van der Waals surface area contributed by atoms with Crippen molar-refractivity contribution >= 4 is 29.4 Å². The third-order valence-corrected chi connectivity index (χ3v) is 5.83. The van der Waals surface area contributed by atoms with E-state index in [1.165, 1.54) is 12.0 Å². The molecule has 1 aromatic heterocycles. The summed E-state index contributed by atoms with van der Waals surface area (Å²) in [4.78, 5) is 31.9. The molecule has 4 rings (SSSR count). The van der Waals surface area contributed by atoms with Crippen molar-refractivity contribution < 1.29 is 14.3 Å². The van der Waals surface area contributed by atoms with Crippen molar-refractivity contribution in [2.45, 2.75) is 13.5 Å². The van der Waals surface area contributed by atoms with Crippen molar-refractivity contribution in [3.8, 4) is 16.9 Å². The van der Waals surface area contributed by atoms with Gasteiger partial charge in [0, 0.05) is 36.1 Å². The van der Waals surface area contributed by atoms with Crippen molar-refractivity contribution in [2.24, 2.45) is 0 Å². The predicted octanol–water partition coefficient (Wildman–Crippen LogP) is 5.11. The zero-order valence-electron chi connectivity index (χ0n) is 20.1. The van der Waals surface area contributed by atoms with Crippen LogP contribution in [0.1, 0.15) is 11.1 Å². The molecule has 1 N–H and O–H groups in total.